The molecule has 0 unspecified atom stereocenters. The van der Waals surface area contributed by atoms with E-state index < -0.39 is 0 Å². The first-order chi connectivity index (χ1) is 15.0. The van der Waals surface area contributed by atoms with E-state index in [-0.39, 0.29) is 11.4 Å². The van der Waals surface area contributed by atoms with E-state index in [9.17, 15) is 4.79 Å². The summed E-state index contributed by atoms with van der Waals surface area (Å²) in [6.07, 6.45) is 7.39. The van der Waals surface area contributed by atoms with Gasteiger partial charge in [-0.3, -0.25) is 4.79 Å². The van der Waals surface area contributed by atoms with E-state index in [1.807, 2.05) is 37.0 Å². The number of hydrogen-bond donors (Lipinski definition) is 0. The van der Waals surface area contributed by atoms with Crippen LogP contribution in [-0.2, 0) is 27.8 Å². The fourth-order valence-corrected chi connectivity index (χ4v) is 5.67. The van der Waals surface area contributed by atoms with E-state index in [1.165, 1.54) is 41.0 Å². The number of aryl methyl sites for hydroxylation is 2. The van der Waals surface area contributed by atoms with Gasteiger partial charge in [-0.15, -0.1) is 11.8 Å². The summed E-state index contributed by atoms with van der Waals surface area (Å²) in [5.74, 6) is 7.70. The van der Waals surface area contributed by atoms with Gasteiger partial charge in [-0.25, -0.2) is 4.98 Å². The van der Waals surface area contributed by atoms with Crippen LogP contribution in [0.3, 0.4) is 0 Å². The van der Waals surface area contributed by atoms with Gasteiger partial charge in [-0.1, -0.05) is 32.8 Å². The lowest BCUT2D eigenvalue weighted by Crippen LogP contribution is -2.29. The van der Waals surface area contributed by atoms with Crippen molar-refractivity contribution in [3.05, 3.63) is 58.4 Å². The van der Waals surface area contributed by atoms with Gasteiger partial charge in [-0.2, -0.15) is 0 Å². The number of benzene rings is 1. The first-order valence-electron chi connectivity index (χ1n) is 11.5. The third-order valence-electron chi connectivity index (χ3n) is 6.42. The number of hydrogen-bond acceptors (Lipinski definition) is 4. The minimum absolute atomic E-state index is 0.167. The van der Waals surface area contributed by atoms with Crippen molar-refractivity contribution in [1.29, 1.82) is 0 Å². The number of carbonyl (C=O) groups is 1. The van der Waals surface area contributed by atoms with Crippen molar-refractivity contribution in [2.24, 2.45) is 0 Å². The predicted molar refractivity (Wildman–Crippen MR) is 129 cm³/mol. The molecule has 2 aromatic rings. The van der Waals surface area contributed by atoms with Gasteiger partial charge in [0.15, 0.2) is 0 Å². The maximum Gasteiger partial charge on any atom is 0.306 e. The smallest absolute Gasteiger partial charge is 0.306 e. The predicted octanol–water partition coefficient (Wildman–Crippen LogP) is 6.09. The quantitative estimate of drug-likeness (QED) is 0.389. The topological polar surface area (TPSA) is 39.2 Å². The van der Waals surface area contributed by atoms with Gasteiger partial charge in [-0.05, 0) is 91.0 Å². The fourth-order valence-electron chi connectivity index (χ4n) is 4.30. The highest BCUT2D eigenvalue weighted by molar-refractivity contribution is 7.99. The lowest BCUT2D eigenvalue weighted by Gasteiger charge is -2.38. The number of rotatable bonds is 7. The normalized spacial score (nSPS) is 14.3. The number of fused-ring (bicyclic) bond motifs is 1. The van der Waals surface area contributed by atoms with Crippen LogP contribution in [-0.4, -0.2) is 23.3 Å². The van der Waals surface area contributed by atoms with Crippen LogP contribution < -0.4 is 0 Å². The van der Waals surface area contributed by atoms with E-state index in [2.05, 4.69) is 49.7 Å². The third-order valence-corrected chi connectivity index (χ3v) is 7.48. The molecule has 0 fully saturated rings. The van der Waals surface area contributed by atoms with Gasteiger partial charge < -0.3 is 4.74 Å². The van der Waals surface area contributed by atoms with Crippen LogP contribution in [0.1, 0.15) is 81.3 Å². The molecule has 1 aliphatic heterocycles. The molecule has 1 aromatic carbocycles. The molecule has 0 atom stereocenters. The molecular weight excluding hydrogens is 402 g/mol. The van der Waals surface area contributed by atoms with Crippen molar-refractivity contribution in [3.8, 4) is 11.8 Å². The highest BCUT2D eigenvalue weighted by Crippen LogP contribution is 2.46. The Bertz CT molecular complexity index is 965. The van der Waals surface area contributed by atoms with Crippen molar-refractivity contribution in [1.82, 2.24) is 4.98 Å². The second kappa shape index (κ2) is 10.9. The molecule has 0 saturated carbocycles. The van der Waals surface area contributed by atoms with Gasteiger partial charge >= 0.3 is 5.97 Å². The molecular formula is C27H33NO2S. The average Bonchev–Trinajstić information content (AvgIpc) is 2.81. The minimum Gasteiger partial charge on any atom is -0.466 e. The van der Waals surface area contributed by atoms with Crippen molar-refractivity contribution < 1.29 is 9.53 Å². The highest BCUT2D eigenvalue weighted by Gasteiger charge is 2.34. The number of esters is 1. The van der Waals surface area contributed by atoms with Crippen LogP contribution >= 0.6 is 11.8 Å². The maximum atomic E-state index is 11.5. The molecule has 2 heterocycles. The molecule has 0 amide bonds. The van der Waals surface area contributed by atoms with Crippen molar-refractivity contribution in [2.45, 2.75) is 76.5 Å². The van der Waals surface area contributed by atoms with Gasteiger partial charge in [0.2, 0.25) is 0 Å². The summed E-state index contributed by atoms with van der Waals surface area (Å²) >= 11 is 1.99. The molecule has 3 nitrogen and oxygen atoms in total. The monoisotopic (exact) mass is 435 g/mol. The molecule has 1 aromatic heterocycles. The van der Waals surface area contributed by atoms with Crippen LogP contribution in [0.15, 0.2) is 35.4 Å². The summed E-state index contributed by atoms with van der Waals surface area (Å²) in [4.78, 5) is 17.5. The molecule has 3 rings (SSSR count). The summed E-state index contributed by atoms with van der Waals surface area (Å²) < 4.78 is 4.98. The van der Waals surface area contributed by atoms with Gasteiger partial charge in [0, 0.05) is 23.1 Å². The maximum absolute atomic E-state index is 11.5. The average molecular weight is 436 g/mol. The zero-order valence-corrected chi connectivity index (χ0v) is 20.0. The molecule has 4 heteroatoms. The van der Waals surface area contributed by atoms with Gasteiger partial charge in [0.05, 0.1) is 6.61 Å². The Morgan fingerprint density at radius 3 is 2.61 bits per heavy atom. The first kappa shape index (κ1) is 23.4. The third kappa shape index (κ3) is 5.52. The van der Waals surface area contributed by atoms with Crippen LogP contribution in [0.5, 0.6) is 0 Å². The molecule has 164 valence electrons. The van der Waals surface area contributed by atoms with Crippen molar-refractivity contribution in [2.75, 3.05) is 12.4 Å². The SMILES string of the molecule is CCOC(=O)CCc1ccc(C#Cc2cc3c(cc2CC)SCCC3(CC)CC)nc1. The highest BCUT2D eigenvalue weighted by atomic mass is 32.2. The second-order valence-electron chi connectivity index (χ2n) is 8.05. The van der Waals surface area contributed by atoms with E-state index in [1.54, 1.807) is 0 Å². The second-order valence-corrected chi connectivity index (χ2v) is 9.19. The van der Waals surface area contributed by atoms with Crippen LogP contribution in [0, 0.1) is 11.8 Å². The van der Waals surface area contributed by atoms with E-state index in [4.69, 9.17) is 4.74 Å². The molecule has 0 N–H and O–H groups in total. The van der Waals surface area contributed by atoms with Crippen LogP contribution in [0.2, 0.25) is 0 Å². The number of thioether (sulfide) groups is 1. The van der Waals surface area contributed by atoms with Crippen molar-refractivity contribution >= 4 is 17.7 Å². The number of ether oxygens (including phenoxy) is 1. The Kier molecular flexibility index (Phi) is 8.21. The summed E-state index contributed by atoms with van der Waals surface area (Å²) in [6, 6.07) is 8.67. The Labute approximate surface area is 191 Å². The van der Waals surface area contributed by atoms with Gasteiger partial charge in [0.25, 0.3) is 0 Å². The van der Waals surface area contributed by atoms with E-state index in [0.717, 1.165) is 23.2 Å². The molecule has 0 bridgehead atoms. The molecule has 0 radical (unpaired) electrons. The standard InChI is InChI=1S/C27H33NO2S/c1-5-21-18-25-24(27(6-2,7-3)15-16-31-25)17-22(21)11-13-23-12-9-20(19-28-23)10-14-26(29)30-8-4/h9,12,17-19H,5-8,10,14-16H2,1-4H3. The van der Waals surface area contributed by atoms with E-state index >= 15 is 0 Å². The Hall–Kier alpha value is -2.25. The lowest BCUT2D eigenvalue weighted by molar-refractivity contribution is -0.143. The fraction of sp³-hybridized carbons (Fsp3) is 0.481. The summed E-state index contributed by atoms with van der Waals surface area (Å²) in [6.45, 7) is 9.07. The summed E-state index contributed by atoms with van der Waals surface area (Å²) in [5, 5.41) is 0. The molecule has 0 spiro atoms. The zero-order chi connectivity index (χ0) is 22.3. The Morgan fingerprint density at radius 1 is 1.16 bits per heavy atom. The Morgan fingerprint density at radius 2 is 1.97 bits per heavy atom. The van der Waals surface area contributed by atoms with Crippen LogP contribution in [0.4, 0.5) is 0 Å². The largest absolute Gasteiger partial charge is 0.466 e. The molecule has 31 heavy (non-hydrogen) atoms. The number of carbonyl (C=O) groups excluding carboxylic acids is 1. The summed E-state index contributed by atoms with van der Waals surface area (Å²) in [7, 11) is 0. The van der Waals surface area contributed by atoms with Crippen molar-refractivity contribution in [3.63, 3.8) is 0 Å². The number of pyridine rings is 1. The molecule has 0 saturated heterocycles. The number of nitrogens with zero attached hydrogens (tertiary/aromatic N) is 1. The lowest BCUT2D eigenvalue weighted by atomic mass is 9.72. The molecule has 1 aliphatic rings. The van der Waals surface area contributed by atoms with Gasteiger partial charge in [0.1, 0.15) is 5.69 Å². The number of aromatic nitrogens is 1. The first-order valence-corrected chi connectivity index (χ1v) is 12.5. The summed E-state index contributed by atoms with van der Waals surface area (Å²) in [5.41, 5.74) is 5.98. The zero-order valence-electron chi connectivity index (χ0n) is 19.2. The Balaban J connectivity index is 1.83. The minimum atomic E-state index is -0.167. The molecule has 0 aliphatic carbocycles. The van der Waals surface area contributed by atoms with Crippen LogP contribution in [0.25, 0.3) is 0 Å². The van der Waals surface area contributed by atoms with E-state index in [0.29, 0.717) is 19.4 Å².